The van der Waals surface area contributed by atoms with E-state index in [4.69, 9.17) is 16.3 Å². The lowest BCUT2D eigenvalue weighted by molar-refractivity contribution is 0.178. The molecular weight excluding hydrogens is 322 g/mol. The Balaban J connectivity index is 2.53. The van der Waals surface area contributed by atoms with Crippen LogP contribution >= 0.6 is 27.5 Å². The summed E-state index contributed by atoms with van der Waals surface area (Å²) in [5.41, 5.74) is 0.798. The molecule has 1 heterocycles. The number of benzene rings is 1. The van der Waals surface area contributed by atoms with Crippen molar-refractivity contribution in [2.45, 2.75) is 6.61 Å². The molecule has 0 aliphatic heterocycles. The fraction of sp³-hybridized carbons (Fsp3) is 0.167. The maximum absolute atomic E-state index is 14.0. The molecule has 0 atom stereocenters. The average Bonchev–Trinajstić information content (AvgIpc) is 2.32. The first kappa shape index (κ1) is 13.4. The highest BCUT2D eigenvalue weighted by molar-refractivity contribution is 9.10. The summed E-state index contributed by atoms with van der Waals surface area (Å²) in [6.07, 6.45) is 0. The standard InChI is InChI=1S/C12H9BrClFN2O/c1-18-6-11-16-9(5-10(14)17-11)7-3-2-4-8(13)12(7)15/h2-5H,6H2,1H3. The molecule has 0 fully saturated rings. The number of aromatic nitrogens is 2. The van der Waals surface area contributed by atoms with Crippen LogP contribution in [0.1, 0.15) is 5.82 Å². The molecule has 94 valence electrons. The van der Waals surface area contributed by atoms with Gasteiger partial charge in [-0.25, -0.2) is 14.4 Å². The Morgan fingerprint density at radius 3 is 2.89 bits per heavy atom. The molecule has 0 saturated carbocycles. The molecule has 0 unspecified atom stereocenters. The highest BCUT2D eigenvalue weighted by Gasteiger charge is 2.11. The normalized spacial score (nSPS) is 10.7. The highest BCUT2D eigenvalue weighted by Crippen LogP contribution is 2.27. The predicted molar refractivity (Wildman–Crippen MR) is 70.8 cm³/mol. The molecule has 0 spiro atoms. The van der Waals surface area contributed by atoms with E-state index in [0.717, 1.165) is 0 Å². The first-order chi connectivity index (χ1) is 8.61. The monoisotopic (exact) mass is 330 g/mol. The number of hydrogen-bond donors (Lipinski definition) is 0. The molecule has 0 N–H and O–H groups in total. The van der Waals surface area contributed by atoms with Crippen molar-refractivity contribution in [3.8, 4) is 11.3 Å². The Morgan fingerprint density at radius 1 is 1.39 bits per heavy atom. The Morgan fingerprint density at radius 2 is 2.17 bits per heavy atom. The molecular formula is C12H9BrClFN2O. The van der Waals surface area contributed by atoms with E-state index in [1.165, 1.54) is 13.2 Å². The summed E-state index contributed by atoms with van der Waals surface area (Å²) in [6.45, 7) is 0.225. The summed E-state index contributed by atoms with van der Waals surface area (Å²) >= 11 is 9.02. The van der Waals surface area contributed by atoms with Crippen molar-refractivity contribution < 1.29 is 9.13 Å². The molecule has 0 aliphatic rings. The fourth-order valence-corrected chi connectivity index (χ4v) is 2.07. The number of hydrogen-bond acceptors (Lipinski definition) is 3. The quantitative estimate of drug-likeness (QED) is 0.801. The average molecular weight is 332 g/mol. The third kappa shape index (κ3) is 2.85. The summed E-state index contributed by atoms with van der Waals surface area (Å²) in [4.78, 5) is 8.21. The zero-order valence-electron chi connectivity index (χ0n) is 9.45. The summed E-state index contributed by atoms with van der Waals surface area (Å²) in [5.74, 6) is 0.0370. The highest BCUT2D eigenvalue weighted by atomic mass is 79.9. The maximum atomic E-state index is 14.0. The van der Waals surface area contributed by atoms with Gasteiger partial charge in [-0.1, -0.05) is 17.7 Å². The van der Waals surface area contributed by atoms with Crippen LogP contribution in [0.5, 0.6) is 0 Å². The maximum Gasteiger partial charge on any atom is 0.156 e. The largest absolute Gasteiger partial charge is 0.377 e. The van der Waals surface area contributed by atoms with Crippen molar-refractivity contribution in [1.29, 1.82) is 0 Å². The molecule has 0 amide bonds. The van der Waals surface area contributed by atoms with Gasteiger partial charge >= 0.3 is 0 Å². The van der Waals surface area contributed by atoms with E-state index in [9.17, 15) is 4.39 Å². The second kappa shape index (κ2) is 5.73. The van der Waals surface area contributed by atoms with Crippen molar-refractivity contribution in [3.05, 3.63) is 45.5 Å². The molecule has 1 aromatic heterocycles. The first-order valence-corrected chi connectivity index (χ1v) is 6.25. The Bertz CT molecular complexity index is 580. The Hall–Kier alpha value is -1.04. The van der Waals surface area contributed by atoms with Gasteiger partial charge in [-0.15, -0.1) is 0 Å². The summed E-state index contributed by atoms with van der Waals surface area (Å²) < 4.78 is 19.3. The predicted octanol–water partition coefficient (Wildman–Crippen LogP) is 3.85. The van der Waals surface area contributed by atoms with E-state index in [2.05, 4.69) is 25.9 Å². The lowest BCUT2D eigenvalue weighted by atomic mass is 10.1. The van der Waals surface area contributed by atoms with Gasteiger partial charge in [0.15, 0.2) is 5.82 Å². The minimum atomic E-state index is -0.379. The number of rotatable bonds is 3. The van der Waals surface area contributed by atoms with Crippen LogP contribution in [-0.4, -0.2) is 17.1 Å². The summed E-state index contributed by atoms with van der Waals surface area (Å²) in [6, 6.07) is 6.51. The summed E-state index contributed by atoms with van der Waals surface area (Å²) in [5, 5.41) is 0.256. The van der Waals surface area contributed by atoms with Crippen molar-refractivity contribution in [1.82, 2.24) is 9.97 Å². The minimum absolute atomic E-state index is 0.225. The van der Waals surface area contributed by atoms with Gasteiger partial charge in [-0.2, -0.15) is 0 Å². The lowest BCUT2D eigenvalue weighted by Gasteiger charge is -2.06. The molecule has 3 nitrogen and oxygen atoms in total. The van der Waals surface area contributed by atoms with Gasteiger partial charge in [0.2, 0.25) is 0 Å². The smallest absolute Gasteiger partial charge is 0.156 e. The third-order valence-electron chi connectivity index (χ3n) is 2.24. The van der Waals surface area contributed by atoms with Gasteiger partial charge < -0.3 is 4.74 Å². The SMILES string of the molecule is COCc1nc(Cl)cc(-c2cccc(Br)c2F)n1. The van der Waals surface area contributed by atoms with Gasteiger partial charge in [0.05, 0.1) is 10.2 Å². The second-order valence-corrected chi connectivity index (χ2v) is 4.77. The fourth-order valence-electron chi connectivity index (χ4n) is 1.50. The topological polar surface area (TPSA) is 35.0 Å². The zero-order valence-corrected chi connectivity index (χ0v) is 11.8. The molecule has 2 aromatic rings. The number of nitrogens with zero attached hydrogens (tertiary/aromatic N) is 2. The van der Waals surface area contributed by atoms with Crippen LogP contribution in [0.2, 0.25) is 5.15 Å². The molecule has 2 rings (SSSR count). The molecule has 0 bridgehead atoms. The van der Waals surface area contributed by atoms with Crippen LogP contribution in [0, 0.1) is 5.82 Å². The Kier molecular flexibility index (Phi) is 4.27. The minimum Gasteiger partial charge on any atom is -0.377 e. The van der Waals surface area contributed by atoms with E-state index in [1.807, 2.05) is 0 Å². The van der Waals surface area contributed by atoms with Crippen LogP contribution in [-0.2, 0) is 11.3 Å². The third-order valence-corrected chi connectivity index (χ3v) is 3.05. The molecule has 6 heteroatoms. The zero-order chi connectivity index (χ0) is 13.1. The first-order valence-electron chi connectivity index (χ1n) is 5.08. The van der Waals surface area contributed by atoms with Crippen molar-refractivity contribution in [3.63, 3.8) is 0 Å². The molecule has 0 radical (unpaired) electrons. The van der Waals surface area contributed by atoms with E-state index < -0.39 is 0 Å². The van der Waals surface area contributed by atoms with Gasteiger partial charge in [-0.05, 0) is 28.1 Å². The van der Waals surface area contributed by atoms with E-state index in [1.54, 1.807) is 18.2 Å². The number of halogens is 3. The van der Waals surface area contributed by atoms with E-state index >= 15 is 0 Å². The molecule has 1 aromatic carbocycles. The number of methoxy groups -OCH3 is 1. The van der Waals surface area contributed by atoms with Crippen LogP contribution in [0.15, 0.2) is 28.7 Å². The molecule has 18 heavy (non-hydrogen) atoms. The van der Waals surface area contributed by atoms with Gasteiger partial charge in [-0.3, -0.25) is 0 Å². The van der Waals surface area contributed by atoms with Crippen molar-refractivity contribution in [2.24, 2.45) is 0 Å². The van der Waals surface area contributed by atoms with Crippen LogP contribution in [0.3, 0.4) is 0 Å². The molecule has 0 saturated heterocycles. The molecule has 0 aliphatic carbocycles. The van der Waals surface area contributed by atoms with E-state index in [0.29, 0.717) is 21.6 Å². The van der Waals surface area contributed by atoms with Gasteiger partial charge in [0.1, 0.15) is 17.6 Å². The van der Waals surface area contributed by atoms with Gasteiger partial charge in [0.25, 0.3) is 0 Å². The number of ether oxygens (including phenoxy) is 1. The van der Waals surface area contributed by atoms with Gasteiger partial charge in [0, 0.05) is 18.7 Å². The second-order valence-electron chi connectivity index (χ2n) is 3.53. The van der Waals surface area contributed by atoms with Crippen LogP contribution in [0.25, 0.3) is 11.3 Å². The Labute approximate surface area is 117 Å². The summed E-state index contributed by atoms with van der Waals surface area (Å²) in [7, 11) is 1.53. The van der Waals surface area contributed by atoms with Crippen LogP contribution < -0.4 is 0 Å². The van der Waals surface area contributed by atoms with Crippen LogP contribution in [0.4, 0.5) is 4.39 Å². The van der Waals surface area contributed by atoms with Crippen molar-refractivity contribution >= 4 is 27.5 Å². The van der Waals surface area contributed by atoms with E-state index in [-0.39, 0.29) is 17.6 Å². The van der Waals surface area contributed by atoms with Crippen molar-refractivity contribution in [2.75, 3.05) is 7.11 Å². The lowest BCUT2D eigenvalue weighted by Crippen LogP contribution is -2.00.